The van der Waals surface area contributed by atoms with Gasteiger partial charge < -0.3 is 0 Å². The molecule has 82 valence electrons. The van der Waals surface area contributed by atoms with Gasteiger partial charge in [0.2, 0.25) is 0 Å². The Labute approximate surface area is 88.6 Å². The molecule has 0 rings (SSSR count). The van der Waals surface area contributed by atoms with Gasteiger partial charge in [0.15, 0.2) is 5.31 Å². The van der Waals surface area contributed by atoms with Crippen LogP contribution in [0.25, 0.3) is 0 Å². The molecule has 0 aliphatic heterocycles. The Morgan fingerprint density at radius 3 is 2.43 bits per heavy atom. The lowest BCUT2D eigenvalue weighted by Gasteiger charge is -1.96. The molecular weight excluding hydrogens is 195 g/mol. The molecule has 1 atom stereocenters. The number of allylic oxidation sites excluding steroid dienone is 2. The van der Waals surface area contributed by atoms with Gasteiger partial charge in [0.25, 0.3) is 0 Å². The maximum absolute atomic E-state index is 11.7. The number of unbranched alkanes of at least 4 members (excludes halogenated alkanes) is 1. The largest absolute Gasteiger partial charge is 0.544 e. The van der Waals surface area contributed by atoms with Crippen molar-refractivity contribution in [3.8, 4) is 0 Å². The van der Waals surface area contributed by atoms with E-state index in [-0.39, 0.29) is 6.10 Å². The molecule has 0 saturated heterocycles. The van der Waals surface area contributed by atoms with E-state index in [9.17, 15) is 4.57 Å². The minimum absolute atomic E-state index is 0.0421. The normalized spacial score (nSPS) is 13.5. The highest BCUT2D eigenvalue weighted by Gasteiger charge is 2.25. The lowest BCUT2D eigenvalue weighted by atomic mass is 10.2. The van der Waals surface area contributed by atoms with Crippen LogP contribution in [-0.4, -0.2) is 6.10 Å². The van der Waals surface area contributed by atoms with Crippen molar-refractivity contribution in [3.05, 3.63) is 11.4 Å². The van der Waals surface area contributed by atoms with Crippen molar-refractivity contribution in [2.24, 2.45) is 0 Å². The number of hydrogen-bond donors (Lipinski definition) is 0. The number of hydrogen-bond acceptors (Lipinski definition) is 2. The lowest BCUT2D eigenvalue weighted by Crippen LogP contribution is -1.95. The van der Waals surface area contributed by atoms with Gasteiger partial charge >= 0.3 is 8.03 Å². The predicted molar refractivity (Wildman–Crippen MR) is 61.7 cm³/mol. The van der Waals surface area contributed by atoms with Crippen LogP contribution in [0.2, 0.25) is 0 Å². The van der Waals surface area contributed by atoms with Crippen molar-refractivity contribution in [1.29, 1.82) is 0 Å². The van der Waals surface area contributed by atoms with Crippen LogP contribution in [0.5, 0.6) is 0 Å². The van der Waals surface area contributed by atoms with E-state index < -0.39 is 8.03 Å². The second-order valence-electron chi connectivity index (χ2n) is 3.65. The molecule has 0 aromatic heterocycles. The van der Waals surface area contributed by atoms with Crippen LogP contribution in [0, 0.1) is 0 Å². The average molecular weight is 217 g/mol. The molecule has 1 unspecified atom stereocenters. The zero-order valence-electron chi connectivity index (χ0n) is 9.75. The Kier molecular flexibility index (Phi) is 8.02. The fourth-order valence-corrected chi connectivity index (χ4v) is 2.30. The molecule has 0 heterocycles. The van der Waals surface area contributed by atoms with Crippen LogP contribution in [0.4, 0.5) is 0 Å². The monoisotopic (exact) mass is 217 g/mol. The zero-order valence-corrected chi connectivity index (χ0v) is 10.6. The predicted octanol–water partition coefficient (Wildman–Crippen LogP) is 4.64. The van der Waals surface area contributed by atoms with Crippen LogP contribution >= 0.6 is 8.03 Å². The summed E-state index contributed by atoms with van der Waals surface area (Å²) in [5.41, 5.74) is 0. The van der Waals surface area contributed by atoms with Crippen molar-refractivity contribution >= 4 is 8.03 Å². The molecule has 0 amide bonds. The molecule has 0 saturated carbocycles. The molecule has 0 aliphatic rings. The quantitative estimate of drug-likeness (QED) is 0.581. The van der Waals surface area contributed by atoms with Crippen molar-refractivity contribution in [1.82, 2.24) is 0 Å². The van der Waals surface area contributed by atoms with Gasteiger partial charge in [-0.15, -0.1) is 4.52 Å². The third-order valence-electron chi connectivity index (χ3n) is 1.72. The van der Waals surface area contributed by atoms with E-state index in [4.69, 9.17) is 4.52 Å². The van der Waals surface area contributed by atoms with Crippen LogP contribution in [0.1, 0.15) is 53.4 Å². The molecule has 2 nitrogen and oxygen atoms in total. The first-order valence-electron chi connectivity index (χ1n) is 5.44. The first-order valence-corrected chi connectivity index (χ1v) is 6.62. The summed E-state index contributed by atoms with van der Waals surface area (Å²) < 4.78 is 17.0. The lowest BCUT2D eigenvalue weighted by molar-refractivity contribution is 0.258. The summed E-state index contributed by atoms with van der Waals surface area (Å²) in [5, 5.41) is 0.984. The fourth-order valence-electron chi connectivity index (χ4n) is 1.09. The second-order valence-corrected chi connectivity index (χ2v) is 4.94. The summed E-state index contributed by atoms with van der Waals surface area (Å²) in [6.45, 7) is 8.04. The summed E-state index contributed by atoms with van der Waals surface area (Å²) in [6.07, 6.45) is 6.13. The van der Waals surface area contributed by atoms with Crippen molar-refractivity contribution in [2.45, 2.75) is 59.5 Å². The maximum atomic E-state index is 11.7. The molecule has 0 aliphatic carbocycles. The number of rotatable bonds is 7. The van der Waals surface area contributed by atoms with Gasteiger partial charge in [0.05, 0.1) is 0 Å². The Bertz CT molecular complexity index is 197. The molecule has 0 radical (unpaired) electrons. The van der Waals surface area contributed by atoms with Crippen molar-refractivity contribution in [2.75, 3.05) is 0 Å². The molecule has 0 aromatic rings. The fraction of sp³-hybridized carbons (Fsp3) is 0.818. The van der Waals surface area contributed by atoms with E-state index in [1.54, 1.807) is 0 Å². The molecule has 0 fully saturated rings. The van der Waals surface area contributed by atoms with Gasteiger partial charge in [-0.1, -0.05) is 20.3 Å². The molecule has 0 bridgehead atoms. The summed E-state index contributed by atoms with van der Waals surface area (Å²) in [4.78, 5) is 0. The first kappa shape index (κ1) is 13.8. The van der Waals surface area contributed by atoms with Crippen molar-refractivity contribution in [3.63, 3.8) is 0 Å². The summed E-state index contributed by atoms with van der Waals surface area (Å²) in [6, 6.07) is 0. The van der Waals surface area contributed by atoms with E-state index in [0.717, 1.165) is 31.0 Å². The van der Waals surface area contributed by atoms with E-state index in [2.05, 4.69) is 19.9 Å². The topological polar surface area (TPSA) is 26.3 Å². The Hall–Kier alpha value is -0.200. The summed E-state index contributed by atoms with van der Waals surface area (Å²) >= 11 is 0. The van der Waals surface area contributed by atoms with E-state index >= 15 is 0 Å². The SMILES string of the molecule is CCC/C=C(\CCC)[P+](=O)OC(C)C. The molecule has 0 aromatic carbocycles. The van der Waals surface area contributed by atoms with Gasteiger partial charge in [-0.25, -0.2) is 0 Å². The zero-order chi connectivity index (χ0) is 11.0. The molecular formula is C11H22O2P+. The highest BCUT2D eigenvalue weighted by molar-refractivity contribution is 7.44. The highest BCUT2D eigenvalue weighted by atomic mass is 31.1. The molecule has 14 heavy (non-hydrogen) atoms. The Morgan fingerprint density at radius 2 is 2.00 bits per heavy atom. The Morgan fingerprint density at radius 1 is 1.36 bits per heavy atom. The highest BCUT2D eigenvalue weighted by Crippen LogP contribution is 2.38. The summed E-state index contributed by atoms with van der Waals surface area (Å²) in [5.74, 6) is 0. The van der Waals surface area contributed by atoms with E-state index in [0.29, 0.717) is 0 Å². The second kappa shape index (κ2) is 8.14. The smallest absolute Gasteiger partial charge is 0.139 e. The Balaban J connectivity index is 4.25. The third-order valence-corrected chi connectivity index (χ3v) is 3.20. The van der Waals surface area contributed by atoms with Crippen LogP contribution in [0.3, 0.4) is 0 Å². The molecule has 0 N–H and O–H groups in total. The van der Waals surface area contributed by atoms with E-state index in [1.807, 2.05) is 13.8 Å². The van der Waals surface area contributed by atoms with Crippen molar-refractivity contribution < 1.29 is 9.09 Å². The molecule has 3 heteroatoms. The van der Waals surface area contributed by atoms with Gasteiger partial charge in [-0.2, -0.15) is 0 Å². The van der Waals surface area contributed by atoms with Gasteiger partial charge in [-0.3, -0.25) is 0 Å². The van der Waals surface area contributed by atoms with Gasteiger partial charge in [0, 0.05) is 6.42 Å². The average Bonchev–Trinajstić information content (AvgIpc) is 2.10. The maximum Gasteiger partial charge on any atom is 0.544 e. The van der Waals surface area contributed by atoms with Gasteiger partial charge in [-0.05, 0) is 37.3 Å². The van der Waals surface area contributed by atoms with Crippen LogP contribution < -0.4 is 0 Å². The van der Waals surface area contributed by atoms with Gasteiger partial charge in [0.1, 0.15) is 6.10 Å². The molecule has 0 spiro atoms. The van der Waals surface area contributed by atoms with E-state index in [1.165, 1.54) is 0 Å². The standard InChI is InChI=1S/C11H22O2P/c1-5-7-9-11(8-6-2)14(12)13-10(3)4/h9-10H,5-8H2,1-4H3/q+1/b11-9+. The summed E-state index contributed by atoms with van der Waals surface area (Å²) in [7, 11) is -1.59. The minimum Gasteiger partial charge on any atom is -0.139 e. The van der Waals surface area contributed by atoms with Crippen LogP contribution in [-0.2, 0) is 9.09 Å². The first-order chi connectivity index (χ1) is 6.61. The minimum atomic E-state index is -1.59. The third kappa shape index (κ3) is 6.28. The van der Waals surface area contributed by atoms with Crippen LogP contribution in [0.15, 0.2) is 11.4 Å².